The van der Waals surface area contributed by atoms with E-state index in [1.165, 1.54) is 19.4 Å². The highest BCUT2D eigenvalue weighted by molar-refractivity contribution is 6.05. The minimum absolute atomic E-state index is 0.107. The van der Waals surface area contributed by atoms with Crippen molar-refractivity contribution in [1.29, 1.82) is 0 Å². The molecule has 2 N–H and O–H groups in total. The summed E-state index contributed by atoms with van der Waals surface area (Å²) in [5.41, 5.74) is 1.55. The van der Waals surface area contributed by atoms with Crippen LogP contribution in [0.1, 0.15) is 16.1 Å². The predicted molar refractivity (Wildman–Crippen MR) is 98.1 cm³/mol. The molecule has 0 bridgehead atoms. The maximum absolute atomic E-state index is 12.3. The van der Waals surface area contributed by atoms with Gasteiger partial charge in [-0.2, -0.15) is 0 Å². The highest BCUT2D eigenvalue weighted by atomic mass is 16.5. The third kappa shape index (κ3) is 3.92. The first kappa shape index (κ1) is 17.3. The number of hydrogen-bond acceptors (Lipinski definition) is 5. The van der Waals surface area contributed by atoms with E-state index in [-0.39, 0.29) is 17.2 Å². The number of benzene rings is 2. The molecular weight excluding hydrogens is 332 g/mol. The molecule has 0 aliphatic rings. The van der Waals surface area contributed by atoms with E-state index >= 15 is 0 Å². The largest absolute Gasteiger partial charge is 0.503 e. The molecule has 26 heavy (non-hydrogen) atoms. The van der Waals surface area contributed by atoms with Crippen LogP contribution in [-0.2, 0) is 0 Å². The molecule has 1 heterocycles. The lowest BCUT2D eigenvalue weighted by Crippen LogP contribution is -2.14. The van der Waals surface area contributed by atoms with Crippen LogP contribution in [0, 0.1) is 6.92 Å². The fourth-order valence-corrected chi connectivity index (χ4v) is 2.38. The molecule has 3 rings (SSSR count). The summed E-state index contributed by atoms with van der Waals surface area (Å²) in [5.74, 6) is 0.746. The zero-order valence-electron chi connectivity index (χ0n) is 14.4. The van der Waals surface area contributed by atoms with Crippen LogP contribution >= 0.6 is 0 Å². The second-order valence-electron chi connectivity index (χ2n) is 5.61. The van der Waals surface area contributed by atoms with Gasteiger partial charge in [0.05, 0.1) is 7.11 Å². The fourth-order valence-electron chi connectivity index (χ4n) is 2.38. The molecule has 6 heteroatoms. The van der Waals surface area contributed by atoms with E-state index in [2.05, 4.69) is 10.3 Å². The fraction of sp³-hybridized carbons (Fsp3) is 0.100. The molecule has 6 nitrogen and oxygen atoms in total. The molecule has 0 spiro atoms. The molecule has 0 saturated heterocycles. The van der Waals surface area contributed by atoms with Gasteiger partial charge in [0.1, 0.15) is 11.5 Å². The number of hydrogen-bond donors (Lipinski definition) is 2. The van der Waals surface area contributed by atoms with Crippen LogP contribution in [0.5, 0.6) is 23.0 Å². The summed E-state index contributed by atoms with van der Waals surface area (Å²) in [6, 6.07) is 16.1. The van der Waals surface area contributed by atoms with Crippen LogP contribution in [0.4, 0.5) is 5.69 Å². The predicted octanol–water partition coefficient (Wildman–Crippen LogP) is 4.15. The lowest BCUT2D eigenvalue weighted by atomic mass is 10.2. The van der Waals surface area contributed by atoms with Crippen molar-refractivity contribution >= 4 is 11.6 Å². The molecule has 3 aromatic rings. The molecular formula is C20H18N2O4. The number of ether oxygens (including phenoxy) is 2. The van der Waals surface area contributed by atoms with Gasteiger partial charge < -0.3 is 19.9 Å². The summed E-state index contributed by atoms with van der Waals surface area (Å²) < 4.78 is 10.8. The van der Waals surface area contributed by atoms with Gasteiger partial charge in [-0.1, -0.05) is 12.1 Å². The first-order valence-corrected chi connectivity index (χ1v) is 7.94. The van der Waals surface area contributed by atoms with E-state index in [1.807, 2.05) is 31.2 Å². The van der Waals surface area contributed by atoms with E-state index < -0.39 is 5.91 Å². The Morgan fingerprint density at radius 1 is 1.08 bits per heavy atom. The van der Waals surface area contributed by atoms with Gasteiger partial charge in [-0.25, -0.2) is 4.98 Å². The normalized spacial score (nSPS) is 10.2. The van der Waals surface area contributed by atoms with Gasteiger partial charge in [0.15, 0.2) is 17.2 Å². The van der Waals surface area contributed by atoms with Gasteiger partial charge in [-0.15, -0.1) is 0 Å². The number of aromatic hydroxyl groups is 1. The van der Waals surface area contributed by atoms with Crippen molar-refractivity contribution in [3.05, 3.63) is 72.1 Å². The standard InChI is InChI=1S/C20H18N2O4/c1-13-4-3-5-16(12-13)26-15-8-6-14(7-9-15)22-20(24)18-19(23)17(25-2)10-11-21-18/h3-12,23H,1-2H3,(H,22,24). The van der Waals surface area contributed by atoms with E-state index in [0.717, 1.165) is 11.3 Å². The van der Waals surface area contributed by atoms with Crippen molar-refractivity contribution < 1.29 is 19.4 Å². The second-order valence-corrected chi connectivity index (χ2v) is 5.61. The quantitative estimate of drug-likeness (QED) is 0.722. The SMILES string of the molecule is COc1ccnc(C(=O)Nc2ccc(Oc3cccc(C)c3)cc2)c1O. The third-order valence-electron chi connectivity index (χ3n) is 3.66. The van der Waals surface area contributed by atoms with E-state index in [1.54, 1.807) is 24.3 Å². The van der Waals surface area contributed by atoms with E-state index in [9.17, 15) is 9.90 Å². The average molecular weight is 350 g/mol. The lowest BCUT2D eigenvalue weighted by Gasteiger charge is -2.10. The number of nitrogens with one attached hydrogen (secondary N) is 1. The maximum atomic E-state index is 12.3. The summed E-state index contributed by atoms with van der Waals surface area (Å²) in [7, 11) is 1.41. The number of nitrogens with zero attached hydrogens (tertiary/aromatic N) is 1. The molecule has 0 aliphatic heterocycles. The number of aromatic nitrogens is 1. The lowest BCUT2D eigenvalue weighted by molar-refractivity contribution is 0.101. The average Bonchev–Trinajstić information content (AvgIpc) is 2.63. The Bertz CT molecular complexity index is 923. The molecule has 1 aromatic heterocycles. The Labute approximate surface area is 151 Å². The molecule has 132 valence electrons. The second kappa shape index (κ2) is 7.57. The molecule has 0 radical (unpaired) electrons. The minimum Gasteiger partial charge on any atom is -0.503 e. The summed E-state index contributed by atoms with van der Waals surface area (Å²) >= 11 is 0. The van der Waals surface area contributed by atoms with E-state index in [4.69, 9.17) is 9.47 Å². The Morgan fingerprint density at radius 3 is 2.54 bits per heavy atom. The van der Waals surface area contributed by atoms with Crippen molar-refractivity contribution in [2.24, 2.45) is 0 Å². The van der Waals surface area contributed by atoms with Gasteiger partial charge in [0, 0.05) is 18.0 Å². The number of anilines is 1. The first-order chi connectivity index (χ1) is 12.6. The molecule has 0 saturated carbocycles. The topological polar surface area (TPSA) is 80.7 Å². The van der Waals surface area contributed by atoms with Gasteiger partial charge in [-0.3, -0.25) is 4.79 Å². The van der Waals surface area contributed by atoms with Gasteiger partial charge >= 0.3 is 0 Å². The van der Waals surface area contributed by atoms with Crippen molar-refractivity contribution in [1.82, 2.24) is 4.98 Å². The van der Waals surface area contributed by atoms with Crippen LogP contribution in [-0.4, -0.2) is 23.1 Å². The van der Waals surface area contributed by atoms with Crippen LogP contribution in [0.2, 0.25) is 0 Å². The van der Waals surface area contributed by atoms with Gasteiger partial charge in [0.2, 0.25) is 0 Å². The Hall–Kier alpha value is -3.54. The zero-order valence-corrected chi connectivity index (χ0v) is 14.4. The Morgan fingerprint density at radius 2 is 1.85 bits per heavy atom. The number of pyridine rings is 1. The highest BCUT2D eigenvalue weighted by Crippen LogP contribution is 2.28. The van der Waals surface area contributed by atoms with E-state index in [0.29, 0.717) is 11.4 Å². The summed E-state index contributed by atoms with van der Waals surface area (Å²) in [6.07, 6.45) is 1.40. The smallest absolute Gasteiger partial charge is 0.278 e. The number of amides is 1. The summed E-state index contributed by atoms with van der Waals surface area (Å²) in [4.78, 5) is 16.2. The maximum Gasteiger partial charge on any atom is 0.278 e. The molecule has 0 unspecified atom stereocenters. The van der Waals surface area contributed by atoms with Crippen LogP contribution in [0.15, 0.2) is 60.8 Å². The van der Waals surface area contributed by atoms with Crippen molar-refractivity contribution in [3.63, 3.8) is 0 Å². The van der Waals surface area contributed by atoms with Crippen LogP contribution in [0.3, 0.4) is 0 Å². The third-order valence-corrected chi connectivity index (χ3v) is 3.66. The highest BCUT2D eigenvalue weighted by Gasteiger charge is 2.16. The molecule has 0 fully saturated rings. The van der Waals surface area contributed by atoms with Crippen LogP contribution in [0.25, 0.3) is 0 Å². The molecule has 1 amide bonds. The van der Waals surface area contributed by atoms with Crippen molar-refractivity contribution in [2.45, 2.75) is 6.92 Å². The van der Waals surface area contributed by atoms with Crippen molar-refractivity contribution in [3.8, 4) is 23.0 Å². The molecule has 0 aliphatic carbocycles. The summed E-state index contributed by atoms with van der Waals surface area (Å²) in [6.45, 7) is 1.99. The monoisotopic (exact) mass is 350 g/mol. The Kier molecular flexibility index (Phi) is 5.03. The van der Waals surface area contributed by atoms with Crippen molar-refractivity contribution in [2.75, 3.05) is 12.4 Å². The summed E-state index contributed by atoms with van der Waals surface area (Å²) in [5, 5.41) is 12.7. The molecule has 0 atom stereocenters. The number of carbonyl (C=O) groups is 1. The minimum atomic E-state index is -0.534. The number of rotatable bonds is 5. The molecule has 2 aromatic carbocycles. The zero-order chi connectivity index (χ0) is 18.5. The number of aryl methyl sites for hydroxylation is 1. The van der Waals surface area contributed by atoms with Crippen LogP contribution < -0.4 is 14.8 Å². The Balaban J connectivity index is 1.70. The first-order valence-electron chi connectivity index (χ1n) is 7.94. The van der Waals surface area contributed by atoms with Gasteiger partial charge in [-0.05, 0) is 48.9 Å². The van der Waals surface area contributed by atoms with Gasteiger partial charge in [0.25, 0.3) is 5.91 Å². The number of methoxy groups -OCH3 is 1. The number of carbonyl (C=O) groups excluding carboxylic acids is 1.